The number of hydrogen-bond donors (Lipinski definition) is 0. The fraction of sp³-hybridized carbons (Fsp3) is 0.182. The summed E-state index contributed by atoms with van der Waals surface area (Å²) in [5.74, 6) is 0.310. The average Bonchev–Trinajstić information content (AvgIpc) is 2.33. The Balaban J connectivity index is 2.47. The zero-order chi connectivity index (χ0) is 14.9. The molecule has 0 N–H and O–H groups in total. The van der Waals surface area contributed by atoms with Crippen molar-refractivity contribution in [1.29, 1.82) is 0 Å². The molecule has 2 rings (SSSR count). The van der Waals surface area contributed by atoms with Gasteiger partial charge in [0.2, 0.25) is 0 Å². The van der Waals surface area contributed by atoms with Gasteiger partial charge in [0.1, 0.15) is 11.0 Å². The zero-order valence-corrected chi connectivity index (χ0v) is 12.6. The van der Waals surface area contributed by atoms with Gasteiger partial charge < -0.3 is 4.57 Å². The SMILES string of the molecule is Cc1cc(Cl)nc(Cn2cc([N+](=O)[O-])cc(Br)c2=O)n1. The van der Waals surface area contributed by atoms with Crippen molar-refractivity contribution in [1.82, 2.24) is 14.5 Å². The van der Waals surface area contributed by atoms with Crippen LogP contribution in [0, 0.1) is 17.0 Å². The third-order valence-corrected chi connectivity index (χ3v) is 3.18. The van der Waals surface area contributed by atoms with Crippen LogP contribution in [0.1, 0.15) is 11.5 Å². The van der Waals surface area contributed by atoms with Crippen LogP contribution in [0.4, 0.5) is 5.69 Å². The van der Waals surface area contributed by atoms with Crippen molar-refractivity contribution in [3.05, 3.63) is 59.9 Å². The summed E-state index contributed by atoms with van der Waals surface area (Å²) >= 11 is 8.82. The van der Waals surface area contributed by atoms with E-state index in [1.165, 1.54) is 0 Å². The Bertz CT molecular complexity index is 727. The van der Waals surface area contributed by atoms with E-state index in [9.17, 15) is 14.9 Å². The Morgan fingerprint density at radius 3 is 2.75 bits per heavy atom. The van der Waals surface area contributed by atoms with Crippen LogP contribution >= 0.6 is 27.5 Å². The average molecular weight is 360 g/mol. The highest BCUT2D eigenvalue weighted by molar-refractivity contribution is 9.10. The lowest BCUT2D eigenvalue weighted by Gasteiger charge is -2.06. The number of aryl methyl sites for hydroxylation is 1. The minimum absolute atomic E-state index is 0.000509. The van der Waals surface area contributed by atoms with E-state index in [1.807, 2.05) is 0 Å². The lowest BCUT2D eigenvalue weighted by molar-refractivity contribution is -0.385. The molecule has 20 heavy (non-hydrogen) atoms. The molecule has 0 saturated heterocycles. The third kappa shape index (κ3) is 3.20. The van der Waals surface area contributed by atoms with Crippen LogP contribution in [0.15, 0.2) is 27.6 Å². The normalized spacial score (nSPS) is 10.6. The monoisotopic (exact) mass is 358 g/mol. The standard InChI is InChI=1S/C11H8BrClN4O3/c1-6-2-9(13)15-10(14-6)5-16-4-7(17(19)20)3-8(12)11(16)18/h2-4H,5H2,1H3. The van der Waals surface area contributed by atoms with E-state index in [4.69, 9.17) is 11.6 Å². The molecular weight excluding hydrogens is 352 g/mol. The molecule has 0 atom stereocenters. The predicted molar refractivity (Wildman–Crippen MR) is 75.9 cm³/mol. The predicted octanol–water partition coefficient (Wildman–Crippen LogP) is 2.32. The van der Waals surface area contributed by atoms with E-state index in [2.05, 4.69) is 25.9 Å². The van der Waals surface area contributed by atoms with E-state index >= 15 is 0 Å². The molecule has 0 aliphatic rings. The second kappa shape index (κ2) is 5.68. The summed E-state index contributed by atoms with van der Waals surface area (Å²) in [7, 11) is 0. The van der Waals surface area contributed by atoms with Gasteiger partial charge in [-0.15, -0.1) is 0 Å². The van der Waals surface area contributed by atoms with Gasteiger partial charge in [0, 0.05) is 11.8 Å². The smallest absolute Gasteiger partial charge is 0.286 e. The Morgan fingerprint density at radius 2 is 2.15 bits per heavy atom. The largest absolute Gasteiger partial charge is 0.300 e. The number of rotatable bonds is 3. The first-order valence-corrected chi connectivity index (χ1v) is 6.58. The second-order valence-electron chi connectivity index (χ2n) is 3.98. The van der Waals surface area contributed by atoms with Crippen molar-refractivity contribution in [2.24, 2.45) is 0 Å². The maximum atomic E-state index is 11.9. The highest BCUT2D eigenvalue weighted by Gasteiger charge is 2.13. The minimum Gasteiger partial charge on any atom is -0.300 e. The van der Waals surface area contributed by atoms with Crippen molar-refractivity contribution >= 4 is 33.2 Å². The summed E-state index contributed by atoms with van der Waals surface area (Å²) < 4.78 is 1.26. The molecule has 0 aliphatic carbocycles. The molecule has 0 unspecified atom stereocenters. The summed E-state index contributed by atoms with van der Waals surface area (Å²) in [4.78, 5) is 30.3. The quantitative estimate of drug-likeness (QED) is 0.476. The maximum absolute atomic E-state index is 11.9. The number of aromatic nitrogens is 3. The second-order valence-corrected chi connectivity index (χ2v) is 5.23. The lowest BCUT2D eigenvalue weighted by atomic mass is 10.4. The zero-order valence-electron chi connectivity index (χ0n) is 10.2. The van der Waals surface area contributed by atoms with Crippen LogP contribution in [-0.2, 0) is 6.54 Å². The van der Waals surface area contributed by atoms with Crippen LogP contribution in [0.3, 0.4) is 0 Å². The first kappa shape index (κ1) is 14.6. The van der Waals surface area contributed by atoms with Crippen molar-refractivity contribution < 1.29 is 4.92 Å². The van der Waals surface area contributed by atoms with Crippen LogP contribution in [0.25, 0.3) is 0 Å². The van der Waals surface area contributed by atoms with Gasteiger partial charge >= 0.3 is 0 Å². The molecule has 7 nitrogen and oxygen atoms in total. The molecule has 0 bridgehead atoms. The highest BCUT2D eigenvalue weighted by Crippen LogP contribution is 2.15. The molecule has 0 amide bonds. The Kier molecular flexibility index (Phi) is 4.15. The van der Waals surface area contributed by atoms with E-state index in [0.29, 0.717) is 11.5 Å². The van der Waals surface area contributed by atoms with Crippen LogP contribution in [-0.4, -0.2) is 19.5 Å². The highest BCUT2D eigenvalue weighted by atomic mass is 79.9. The summed E-state index contributed by atoms with van der Waals surface area (Å²) in [5.41, 5.74) is 0.0459. The van der Waals surface area contributed by atoms with Gasteiger partial charge in [-0.25, -0.2) is 9.97 Å². The molecule has 2 aromatic heterocycles. The van der Waals surface area contributed by atoms with Crippen LogP contribution in [0.2, 0.25) is 5.15 Å². The molecular formula is C11H8BrClN4O3. The number of halogens is 2. The molecule has 0 radical (unpaired) electrons. The van der Waals surface area contributed by atoms with Crippen molar-refractivity contribution in [3.8, 4) is 0 Å². The van der Waals surface area contributed by atoms with E-state index in [-0.39, 0.29) is 21.9 Å². The summed E-state index contributed by atoms with van der Waals surface area (Å²) in [6.07, 6.45) is 1.15. The molecule has 0 spiro atoms. The van der Waals surface area contributed by atoms with Crippen LogP contribution in [0.5, 0.6) is 0 Å². The van der Waals surface area contributed by atoms with Gasteiger partial charge in [0.25, 0.3) is 11.2 Å². The fourth-order valence-corrected chi connectivity index (χ4v) is 2.33. The van der Waals surface area contributed by atoms with E-state index in [0.717, 1.165) is 16.8 Å². The van der Waals surface area contributed by atoms with E-state index < -0.39 is 10.5 Å². The molecule has 0 aliphatic heterocycles. The number of nitrogens with zero attached hydrogens (tertiary/aromatic N) is 4. The molecule has 0 saturated carbocycles. The number of hydrogen-bond acceptors (Lipinski definition) is 5. The van der Waals surface area contributed by atoms with Crippen molar-refractivity contribution in [2.75, 3.05) is 0 Å². The van der Waals surface area contributed by atoms with Gasteiger partial charge in [-0.3, -0.25) is 14.9 Å². The number of nitro groups is 1. The van der Waals surface area contributed by atoms with Gasteiger partial charge in [-0.2, -0.15) is 0 Å². The lowest BCUT2D eigenvalue weighted by Crippen LogP contribution is -2.22. The first-order chi connectivity index (χ1) is 9.36. The van der Waals surface area contributed by atoms with Crippen molar-refractivity contribution in [2.45, 2.75) is 13.5 Å². The Labute approximate surface area is 126 Å². The molecule has 9 heteroatoms. The minimum atomic E-state index is -0.579. The molecule has 0 fully saturated rings. The fourth-order valence-electron chi connectivity index (χ4n) is 1.61. The van der Waals surface area contributed by atoms with Crippen molar-refractivity contribution in [3.63, 3.8) is 0 Å². The van der Waals surface area contributed by atoms with Gasteiger partial charge in [-0.1, -0.05) is 11.6 Å². The van der Waals surface area contributed by atoms with Gasteiger partial charge in [0.05, 0.1) is 22.1 Å². The van der Waals surface area contributed by atoms with Gasteiger partial charge in [0.15, 0.2) is 0 Å². The van der Waals surface area contributed by atoms with E-state index in [1.54, 1.807) is 13.0 Å². The topological polar surface area (TPSA) is 90.9 Å². The first-order valence-electron chi connectivity index (χ1n) is 5.41. The summed E-state index contributed by atoms with van der Waals surface area (Å²) in [6.45, 7) is 1.74. The van der Waals surface area contributed by atoms with Crippen LogP contribution < -0.4 is 5.56 Å². The third-order valence-electron chi connectivity index (χ3n) is 2.42. The summed E-state index contributed by atoms with van der Waals surface area (Å²) in [5, 5.41) is 11.0. The number of pyridine rings is 1. The molecule has 0 aromatic carbocycles. The molecule has 2 aromatic rings. The Morgan fingerprint density at radius 1 is 1.45 bits per heavy atom. The molecule has 104 valence electrons. The van der Waals surface area contributed by atoms with Gasteiger partial charge in [-0.05, 0) is 28.9 Å². The Hall–Kier alpha value is -1.80. The maximum Gasteiger partial charge on any atom is 0.286 e. The molecule has 2 heterocycles. The summed E-state index contributed by atoms with van der Waals surface area (Å²) in [6, 6.07) is 2.74.